The van der Waals surface area contributed by atoms with E-state index in [0.717, 1.165) is 12.8 Å². The van der Waals surface area contributed by atoms with Crippen molar-refractivity contribution in [3.63, 3.8) is 0 Å². The first-order valence-electron chi connectivity index (χ1n) is 9.42. The molecular weight excluding hydrogens is 368 g/mol. The Labute approximate surface area is 164 Å². The summed E-state index contributed by atoms with van der Waals surface area (Å²) in [6, 6.07) is -0.0533. The third-order valence-electron chi connectivity index (χ3n) is 4.24. The minimum absolute atomic E-state index is 0.0533. The minimum atomic E-state index is -3.00. The lowest BCUT2D eigenvalue weighted by atomic mass is 9.93. The van der Waals surface area contributed by atoms with Gasteiger partial charge in [-0.3, -0.25) is 4.99 Å². The van der Waals surface area contributed by atoms with E-state index in [0.29, 0.717) is 18.9 Å². The van der Waals surface area contributed by atoms with E-state index in [4.69, 9.17) is 4.74 Å². The van der Waals surface area contributed by atoms with Gasteiger partial charge in [0.15, 0.2) is 5.96 Å². The van der Waals surface area contributed by atoms with E-state index < -0.39 is 27.1 Å². The van der Waals surface area contributed by atoms with Crippen molar-refractivity contribution in [2.75, 3.05) is 25.6 Å². The zero-order chi connectivity index (χ0) is 21.3. The predicted molar refractivity (Wildman–Crippen MR) is 111 cm³/mol. The van der Waals surface area contributed by atoms with Gasteiger partial charge < -0.3 is 20.7 Å². The molecule has 0 aliphatic carbocycles. The second kappa shape index (κ2) is 10.7. The predicted octanol–water partition coefficient (Wildman–Crippen LogP) is 2.06. The Morgan fingerprint density at radius 2 is 1.74 bits per heavy atom. The van der Waals surface area contributed by atoms with Crippen molar-refractivity contribution in [3.05, 3.63) is 0 Å². The lowest BCUT2D eigenvalue weighted by Crippen LogP contribution is -2.57. The largest absolute Gasteiger partial charge is 0.444 e. The summed E-state index contributed by atoms with van der Waals surface area (Å²) in [6.07, 6.45) is 2.71. The number of nitrogens with one attached hydrogen (secondary N) is 3. The molecule has 0 aliphatic heterocycles. The molecule has 8 nitrogen and oxygen atoms in total. The number of amides is 1. The van der Waals surface area contributed by atoms with Gasteiger partial charge >= 0.3 is 6.09 Å². The van der Waals surface area contributed by atoms with Crippen LogP contribution in [-0.4, -0.2) is 63.3 Å². The molecule has 0 heterocycles. The fourth-order valence-corrected chi connectivity index (χ4v) is 3.17. The molecule has 0 fully saturated rings. The van der Waals surface area contributed by atoms with Crippen LogP contribution >= 0.6 is 0 Å². The summed E-state index contributed by atoms with van der Waals surface area (Å²) in [6.45, 7) is 11.9. The van der Waals surface area contributed by atoms with Crippen LogP contribution in [0.5, 0.6) is 0 Å². The van der Waals surface area contributed by atoms with Gasteiger partial charge in [-0.1, -0.05) is 13.8 Å². The fourth-order valence-electron chi connectivity index (χ4n) is 2.39. The second-order valence-electron chi connectivity index (χ2n) is 8.00. The average molecular weight is 407 g/mol. The van der Waals surface area contributed by atoms with Gasteiger partial charge in [0.05, 0.1) is 11.3 Å². The summed E-state index contributed by atoms with van der Waals surface area (Å²) >= 11 is 0. The summed E-state index contributed by atoms with van der Waals surface area (Å²) in [7, 11) is -1.34. The quantitative estimate of drug-likeness (QED) is 0.399. The first-order valence-corrected chi connectivity index (χ1v) is 11.5. The molecule has 27 heavy (non-hydrogen) atoms. The Kier molecular flexibility index (Phi) is 10.1. The Bertz CT molecular complexity index is 593. The maximum Gasteiger partial charge on any atom is 0.408 e. The van der Waals surface area contributed by atoms with Gasteiger partial charge in [0.25, 0.3) is 0 Å². The van der Waals surface area contributed by atoms with Gasteiger partial charge in [0, 0.05) is 25.9 Å². The van der Waals surface area contributed by atoms with Crippen LogP contribution < -0.4 is 16.0 Å². The number of guanidine groups is 1. The first-order chi connectivity index (χ1) is 12.3. The van der Waals surface area contributed by atoms with Gasteiger partial charge in [0.2, 0.25) is 0 Å². The van der Waals surface area contributed by atoms with Gasteiger partial charge in [-0.05, 0) is 47.0 Å². The molecule has 0 spiro atoms. The summed E-state index contributed by atoms with van der Waals surface area (Å²) in [5.41, 5.74) is -1.03. The van der Waals surface area contributed by atoms with E-state index >= 15 is 0 Å². The van der Waals surface area contributed by atoms with E-state index in [1.54, 1.807) is 7.05 Å². The topological polar surface area (TPSA) is 109 Å². The number of nitrogens with zero attached hydrogens (tertiary/aromatic N) is 1. The van der Waals surface area contributed by atoms with Crippen LogP contribution in [-0.2, 0) is 14.6 Å². The van der Waals surface area contributed by atoms with E-state index in [1.165, 1.54) is 6.26 Å². The maximum absolute atomic E-state index is 12.2. The molecule has 9 heteroatoms. The van der Waals surface area contributed by atoms with Gasteiger partial charge in [-0.15, -0.1) is 0 Å². The Morgan fingerprint density at radius 1 is 1.19 bits per heavy atom. The zero-order valence-corrected chi connectivity index (χ0v) is 18.9. The zero-order valence-electron chi connectivity index (χ0n) is 18.1. The average Bonchev–Trinajstić information content (AvgIpc) is 2.53. The van der Waals surface area contributed by atoms with Crippen LogP contribution in [0, 0.1) is 0 Å². The molecule has 0 bridgehead atoms. The van der Waals surface area contributed by atoms with Crippen LogP contribution in [0.25, 0.3) is 0 Å². The highest BCUT2D eigenvalue weighted by molar-refractivity contribution is 7.90. The Balaban J connectivity index is 4.82. The summed E-state index contributed by atoms with van der Waals surface area (Å²) in [5.74, 6) is 0.680. The van der Waals surface area contributed by atoms with Crippen LogP contribution in [0.1, 0.15) is 60.8 Å². The van der Waals surface area contributed by atoms with Gasteiger partial charge in [-0.25, -0.2) is 13.2 Å². The summed E-state index contributed by atoms with van der Waals surface area (Å²) < 4.78 is 28.0. The standard InChI is InChI=1S/C18H38N4O4S/c1-9-18(10-2,22-16(23)26-17(4,5)6)13-20-15(19-7)21-14(3)11-12-27(8,24)25/h14H,9-13H2,1-8H3,(H,22,23)(H2,19,20,21). The molecule has 1 amide bonds. The van der Waals surface area contributed by atoms with Crippen molar-refractivity contribution < 1.29 is 17.9 Å². The number of ether oxygens (including phenoxy) is 1. The van der Waals surface area contributed by atoms with Crippen LogP contribution in [0.15, 0.2) is 4.99 Å². The SMILES string of the molecule is CCC(CC)(CNC(=NC)NC(C)CCS(C)(=O)=O)NC(=O)OC(C)(C)C. The Morgan fingerprint density at radius 3 is 2.15 bits per heavy atom. The normalized spacial score (nSPS) is 14.4. The molecule has 1 unspecified atom stereocenters. The van der Waals surface area contributed by atoms with Gasteiger partial charge in [0.1, 0.15) is 15.4 Å². The molecule has 0 radical (unpaired) electrons. The second-order valence-corrected chi connectivity index (χ2v) is 10.3. The monoisotopic (exact) mass is 406 g/mol. The van der Waals surface area contributed by atoms with Crippen LogP contribution in [0.2, 0.25) is 0 Å². The molecule has 0 rings (SSSR count). The number of hydrogen-bond donors (Lipinski definition) is 3. The molecule has 0 aliphatic rings. The van der Waals surface area contributed by atoms with Crippen molar-refractivity contribution in [2.24, 2.45) is 4.99 Å². The highest BCUT2D eigenvalue weighted by Gasteiger charge is 2.30. The summed E-state index contributed by atoms with van der Waals surface area (Å²) in [5, 5.41) is 9.39. The van der Waals surface area contributed by atoms with E-state index in [1.807, 2.05) is 41.5 Å². The third kappa shape index (κ3) is 11.7. The third-order valence-corrected chi connectivity index (χ3v) is 5.22. The van der Waals surface area contributed by atoms with E-state index in [9.17, 15) is 13.2 Å². The number of carbonyl (C=O) groups excluding carboxylic acids is 1. The van der Waals surface area contributed by atoms with Crippen molar-refractivity contribution in [1.82, 2.24) is 16.0 Å². The lowest BCUT2D eigenvalue weighted by Gasteiger charge is -2.34. The molecule has 0 aromatic rings. The summed E-state index contributed by atoms with van der Waals surface area (Å²) in [4.78, 5) is 16.4. The number of rotatable bonds is 9. The lowest BCUT2D eigenvalue weighted by molar-refractivity contribution is 0.0448. The van der Waals surface area contributed by atoms with Crippen molar-refractivity contribution in [2.45, 2.75) is 78.0 Å². The number of carbonyl (C=O) groups is 1. The van der Waals surface area contributed by atoms with Crippen LogP contribution in [0.4, 0.5) is 4.79 Å². The van der Waals surface area contributed by atoms with Crippen molar-refractivity contribution >= 4 is 21.9 Å². The number of hydrogen-bond acceptors (Lipinski definition) is 5. The molecule has 3 N–H and O–H groups in total. The van der Waals surface area contributed by atoms with Gasteiger partial charge in [-0.2, -0.15) is 0 Å². The van der Waals surface area contributed by atoms with Crippen molar-refractivity contribution in [1.29, 1.82) is 0 Å². The number of sulfone groups is 1. The Hall–Kier alpha value is -1.51. The molecular formula is C18H38N4O4S. The number of alkyl carbamates (subject to hydrolysis) is 1. The molecule has 0 aromatic carbocycles. The van der Waals surface area contributed by atoms with Crippen LogP contribution in [0.3, 0.4) is 0 Å². The maximum atomic E-state index is 12.2. The smallest absolute Gasteiger partial charge is 0.408 e. The minimum Gasteiger partial charge on any atom is -0.444 e. The molecule has 0 saturated heterocycles. The molecule has 0 saturated carbocycles. The molecule has 160 valence electrons. The van der Waals surface area contributed by atoms with Crippen molar-refractivity contribution in [3.8, 4) is 0 Å². The molecule has 0 aromatic heterocycles. The highest BCUT2D eigenvalue weighted by Crippen LogP contribution is 2.16. The first kappa shape index (κ1) is 25.5. The van der Waals surface area contributed by atoms with E-state index in [-0.39, 0.29) is 11.8 Å². The molecule has 1 atom stereocenters. The van der Waals surface area contributed by atoms with E-state index in [2.05, 4.69) is 20.9 Å². The number of aliphatic imine (C=N–C) groups is 1. The highest BCUT2D eigenvalue weighted by atomic mass is 32.2. The fraction of sp³-hybridized carbons (Fsp3) is 0.889.